The van der Waals surface area contributed by atoms with Crippen LogP contribution in [-0.2, 0) is 11.2 Å². The summed E-state index contributed by atoms with van der Waals surface area (Å²) in [7, 11) is 0. The highest BCUT2D eigenvalue weighted by atomic mass is 35.5. The average molecular weight is 257 g/mol. The molecule has 0 amide bonds. The van der Waals surface area contributed by atoms with Crippen LogP contribution in [0.25, 0.3) is 0 Å². The Morgan fingerprint density at radius 1 is 1.41 bits per heavy atom. The van der Waals surface area contributed by atoms with Gasteiger partial charge in [-0.15, -0.1) is 0 Å². The number of rotatable bonds is 3. The molecule has 94 valence electrons. The monoisotopic (exact) mass is 256 g/mol. The van der Waals surface area contributed by atoms with Crippen molar-refractivity contribution in [1.82, 2.24) is 0 Å². The maximum absolute atomic E-state index is 11.1. The lowest BCUT2D eigenvalue weighted by molar-refractivity contribution is -0.146. The Balaban J connectivity index is 3.25. The quantitative estimate of drug-likeness (QED) is 0.872. The third-order valence-electron chi connectivity index (χ3n) is 3.03. The molecule has 0 radical (unpaired) electrons. The number of benzene rings is 1. The first-order valence-corrected chi connectivity index (χ1v) is 5.75. The van der Waals surface area contributed by atoms with Crippen molar-refractivity contribution in [2.75, 3.05) is 0 Å². The molecule has 0 aliphatic carbocycles. The third-order valence-corrected chi connectivity index (χ3v) is 3.51. The predicted octanol–water partition coefficient (Wildman–Crippen LogP) is 3.32. The molecule has 0 atom stereocenters. The van der Waals surface area contributed by atoms with E-state index in [1.807, 2.05) is 6.92 Å². The van der Waals surface area contributed by atoms with Crippen LogP contribution in [0.5, 0.6) is 5.75 Å². The largest absolute Gasteiger partial charge is 0.506 e. The first kappa shape index (κ1) is 13.8. The molecule has 1 aromatic rings. The number of hydrogen-bond donors (Lipinski definition) is 2. The summed E-state index contributed by atoms with van der Waals surface area (Å²) in [5, 5.41) is 19.0. The molecule has 17 heavy (non-hydrogen) atoms. The molecule has 0 unspecified atom stereocenters. The SMILES string of the molecule is Cc1cc(O)c(Cl)c(C)c1CC(C)(C)C(=O)O. The fourth-order valence-electron chi connectivity index (χ4n) is 1.77. The Morgan fingerprint density at radius 3 is 2.41 bits per heavy atom. The van der Waals surface area contributed by atoms with Crippen LogP contribution in [-0.4, -0.2) is 16.2 Å². The molecule has 1 aromatic carbocycles. The lowest BCUT2D eigenvalue weighted by Crippen LogP contribution is -2.27. The maximum Gasteiger partial charge on any atom is 0.309 e. The second-order valence-corrected chi connectivity index (χ2v) is 5.37. The second-order valence-electron chi connectivity index (χ2n) is 5.00. The van der Waals surface area contributed by atoms with E-state index in [1.54, 1.807) is 26.8 Å². The van der Waals surface area contributed by atoms with Crippen molar-refractivity contribution >= 4 is 17.6 Å². The van der Waals surface area contributed by atoms with Gasteiger partial charge in [0.2, 0.25) is 0 Å². The van der Waals surface area contributed by atoms with Crippen molar-refractivity contribution in [3.8, 4) is 5.75 Å². The van der Waals surface area contributed by atoms with Crippen LogP contribution >= 0.6 is 11.6 Å². The fraction of sp³-hybridized carbons (Fsp3) is 0.462. The van der Waals surface area contributed by atoms with E-state index in [4.69, 9.17) is 16.7 Å². The van der Waals surface area contributed by atoms with E-state index in [2.05, 4.69) is 0 Å². The fourth-order valence-corrected chi connectivity index (χ4v) is 1.93. The van der Waals surface area contributed by atoms with E-state index in [9.17, 15) is 9.90 Å². The zero-order chi connectivity index (χ0) is 13.4. The van der Waals surface area contributed by atoms with Crippen LogP contribution in [0.4, 0.5) is 0 Å². The van der Waals surface area contributed by atoms with E-state index in [1.165, 1.54) is 0 Å². The Kier molecular flexibility index (Phi) is 3.72. The maximum atomic E-state index is 11.1. The van der Waals surface area contributed by atoms with Gasteiger partial charge in [0, 0.05) is 0 Å². The number of halogens is 1. The van der Waals surface area contributed by atoms with Crippen LogP contribution < -0.4 is 0 Å². The first-order chi connectivity index (χ1) is 7.66. The number of carboxylic acids is 1. The zero-order valence-electron chi connectivity index (χ0n) is 10.5. The molecule has 2 N–H and O–H groups in total. The number of aromatic hydroxyl groups is 1. The van der Waals surface area contributed by atoms with Crippen molar-refractivity contribution in [2.24, 2.45) is 5.41 Å². The molecule has 0 bridgehead atoms. The minimum atomic E-state index is -0.851. The van der Waals surface area contributed by atoms with E-state index >= 15 is 0 Å². The van der Waals surface area contributed by atoms with Gasteiger partial charge in [0.15, 0.2) is 0 Å². The summed E-state index contributed by atoms with van der Waals surface area (Å²) >= 11 is 5.97. The summed E-state index contributed by atoms with van der Waals surface area (Å²) < 4.78 is 0. The molecule has 0 spiro atoms. The van der Waals surface area contributed by atoms with Crippen LogP contribution in [0.1, 0.15) is 30.5 Å². The summed E-state index contributed by atoms with van der Waals surface area (Å²) in [6.45, 7) is 6.99. The predicted molar refractivity (Wildman–Crippen MR) is 67.7 cm³/mol. The summed E-state index contributed by atoms with van der Waals surface area (Å²) in [4.78, 5) is 11.1. The van der Waals surface area contributed by atoms with Crippen molar-refractivity contribution in [3.63, 3.8) is 0 Å². The number of aliphatic carboxylic acids is 1. The molecular weight excluding hydrogens is 240 g/mol. The molecule has 1 rings (SSSR count). The molecule has 0 saturated carbocycles. The number of carbonyl (C=O) groups is 1. The summed E-state index contributed by atoms with van der Waals surface area (Å²) in [6.07, 6.45) is 0.389. The number of phenols is 1. The van der Waals surface area contributed by atoms with Gasteiger partial charge in [-0.25, -0.2) is 0 Å². The minimum absolute atomic E-state index is 0.0403. The molecule has 3 nitrogen and oxygen atoms in total. The Hall–Kier alpha value is -1.22. The second kappa shape index (κ2) is 4.57. The standard InChI is InChI=1S/C13H17ClO3/c1-7-5-10(15)11(14)8(2)9(7)6-13(3,4)12(16)17/h5,15H,6H2,1-4H3,(H,16,17). The van der Waals surface area contributed by atoms with Crippen molar-refractivity contribution in [3.05, 3.63) is 27.8 Å². The van der Waals surface area contributed by atoms with Crippen molar-refractivity contribution < 1.29 is 15.0 Å². The summed E-state index contributed by atoms with van der Waals surface area (Å²) in [6, 6.07) is 1.57. The van der Waals surface area contributed by atoms with Crippen LogP contribution in [0, 0.1) is 19.3 Å². The van der Waals surface area contributed by atoms with E-state index in [-0.39, 0.29) is 5.75 Å². The summed E-state index contributed by atoms with van der Waals surface area (Å²) in [5.41, 5.74) is 1.65. The van der Waals surface area contributed by atoms with Crippen LogP contribution in [0.2, 0.25) is 5.02 Å². The van der Waals surface area contributed by atoms with Gasteiger partial charge in [-0.2, -0.15) is 0 Å². The van der Waals surface area contributed by atoms with Gasteiger partial charge in [0.25, 0.3) is 0 Å². The Labute approximate surface area is 106 Å². The lowest BCUT2D eigenvalue weighted by Gasteiger charge is -2.22. The number of phenolic OH excluding ortho intramolecular Hbond substituents is 1. The van der Waals surface area contributed by atoms with Crippen molar-refractivity contribution in [2.45, 2.75) is 34.1 Å². The smallest absolute Gasteiger partial charge is 0.309 e. The van der Waals surface area contributed by atoms with Gasteiger partial charge in [0.1, 0.15) is 5.75 Å². The molecule has 0 fully saturated rings. The lowest BCUT2D eigenvalue weighted by atomic mass is 9.83. The topological polar surface area (TPSA) is 57.5 Å². The van der Waals surface area contributed by atoms with Gasteiger partial charge in [-0.3, -0.25) is 4.79 Å². The molecular formula is C13H17ClO3. The van der Waals surface area contributed by atoms with E-state index in [0.717, 1.165) is 16.7 Å². The normalized spacial score (nSPS) is 11.6. The van der Waals surface area contributed by atoms with Crippen LogP contribution in [0.15, 0.2) is 6.07 Å². The molecule has 0 heterocycles. The van der Waals surface area contributed by atoms with Gasteiger partial charge in [-0.1, -0.05) is 11.6 Å². The minimum Gasteiger partial charge on any atom is -0.506 e. The average Bonchev–Trinajstić information content (AvgIpc) is 2.21. The molecule has 4 heteroatoms. The molecule has 0 aliphatic rings. The van der Waals surface area contributed by atoms with Gasteiger partial charge in [0.05, 0.1) is 10.4 Å². The third kappa shape index (κ3) is 2.72. The Bertz CT molecular complexity index is 464. The molecule has 0 saturated heterocycles. The van der Waals surface area contributed by atoms with E-state index < -0.39 is 11.4 Å². The Morgan fingerprint density at radius 2 is 1.94 bits per heavy atom. The summed E-state index contributed by atoms with van der Waals surface area (Å²) in [5.74, 6) is -0.806. The van der Waals surface area contributed by atoms with Crippen LogP contribution in [0.3, 0.4) is 0 Å². The molecule has 0 aromatic heterocycles. The highest BCUT2D eigenvalue weighted by Crippen LogP contribution is 2.35. The van der Waals surface area contributed by atoms with Crippen molar-refractivity contribution in [1.29, 1.82) is 0 Å². The first-order valence-electron chi connectivity index (χ1n) is 5.37. The highest BCUT2D eigenvalue weighted by Gasteiger charge is 2.29. The highest BCUT2D eigenvalue weighted by molar-refractivity contribution is 6.32. The number of aryl methyl sites for hydroxylation is 1. The van der Waals surface area contributed by atoms with E-state index in [0.29, 0.717) is 11.4 Å². The number of carboxylic acid groups (broad SMARTS) is 1. The van der Waals surface area contributed by atoms with Gasteiger partial charge in [-0.05, 0) is 56.9 Å². The van der Waals surface area contributed by atoms with Gasteiger partial charge >= 0.3 is 5.97 Å². The van der Waals surface area contributed by atoms with Gasteiger partial charge < -0.3 is 10.2 Å². The number of hydrogen-bond acceptors (Lipinski definition) is 2. The zero-order valence-corrected chi connectivity index (χ0v) is 11.2. The molecule has 0 aliphatic heterocycles.